The summed E-state index contributed by atoms with van der Waals surface area (Å²) in [5.74, 6) is 1.46. The molecule has 10 rings (SSSR count). The lowest BCUT2D eigenvalue weighted by Crippen LogP contribution is -2.37. The van der Waals surface area contributed by atoms with E-state index in [0.29, 0.717) is 5.84 Å². The average molecular weight is 653 g/mol. The second-order valence-corrected chi connectivity index (χ2v) is 13.1. The summed E-state index contributed by atoms with van der Waals surface area (Å²) in [5, 5.41) is 11.0. The predicted octanol–water partition coefficient (Wildman–Crippen LogP) is 11.4. The van der Waals surface area contributed by atoms with Crippen molar-refractivity contribution in [2.24, 2.45) is 9.98 Å². The first-order chi connectivity index (χ1) is 25.3. The number of aromatic nitrogens is 1. The molecule has 4 heteroatoms. The first-order valence-corrected chi connectivity index (χ1v) is 17.4. The van der Waals surface area contributed by atoms with Gasteiger partial charge in [-0.05, 0) is 79.7 Å². The zero-order chi connectivity index (χ0) is 33.7. The van der Waals surface area contributed by atoms with Crippen LogP contribution in [0, 0.1) is 0 Å². The number of para-hydroxylation sites is 1. The molecular formula is C47H32N4. The first kappa shape index (κ1) is 29.2. The Balaban J connectivity index is 1.15. The molecule has 0 saturated heterocycles. The summed E-state index contributed by atoms with van der Waals surface area (Å²) in [5.41, 5.74) is 9.10. The Bertz CT molecular complexity index is 2810. The predicted molar refractivity (Wildman–Crippen MR) is 213 cm³/mol. The van der Waals surface area contributed by atoms with Gasteiger partial charge in [-0.1, -0.05) is 152 Å². The fourth-order valence-corrected chi connectivity index (χ4v) is 7.50. The zero-order valence-electron chi connectivity index (χ0n) is 27.7. The van der Waals surface area contributed by atoms with Gasteiger partial charge in [-0.3, -0.25) is 4.57 Å². The SMILES string of the molecule is c1ccc(C2=NC(c3ccccc3)NC(n3c4ccccc4c4c5cc(-c6ccc7ccc(-c8ccccc8)cc7c6)ccc5ccc43)=N2)cc1. The van der Waals surface area contributed by atoms with E-state index >= 15 is 0 Å². The molecule has 240 valence electrons. The molecule has 1 atom stereocenters. The maximum absolute atomic E-state index is 5.19. The van der Waals surface area contributed by atoms with Crippen molar-refractivity contribution in [1.29, 1.82) is 0 Å². The zero-order valence-corrected chi connectivity index (χ0v) is 27.7. The molecule has 4 nitrogen and oxygen atoms in total. The van der Waals surface area contributed by atoms with Crippen molar-refractivity contribution in [3.8, 4) is 22.3 Å². The molecule has 8 aromatic carbocycles. The number of nitrogens with one attached hydrogen (secondary N) is 1. The van der Waals surface area contributed by atoms with E-state index < -0.39 is 0 Å². The summed E-state index contributed by atoms with van der Waals surface area (Å²) in [7, 11) is 0. The van der Waals surface area contributed by atoms with Crippen LogP contribution in [0.4, 0.5) is 0 Å². The van der Waals surface area contributed by atoms with E-state index in [1.807, 2.05) is 24.3 Å². The number of rotatable bonds is 4. The van der Waals surface area contributed by atoms with Crippen molar-refractivity contribution in [2.75, 3.05) is 0 Å². The van der Waals surface area contributed by atoms with Gasteiger partial charge in [0, 0.05) is 16.3 Å². The number of aliphatic imine (C=N–C) groups is 2. The van der Waals surface area contributed by atoms with Crippen LogP contribution in [0.1, 0.15) is 17.3 Å². The van der Waals surface area contributed by atoms with Gasteiger partial charge in [0.05, 0.1) is 11.0 Å². The van der Waals surface area contributed by atoms with Crippen LogP contribution in [0.3, 0.4) is 0 Å². The van der Waals surface area contributed by atoms with Gasteiger partial charge in [-0.2, -0.15) is 4.99 Å². The number of nitrogens with zero attached hydrogens (tertiary/aromatic N) is 3. The molecular weight excluding hydrogens is 621 g/mol. The molecule has 1 unspecified atom stereocenters. The molecule has 0 spiro atoms. The number of amidine groups is 1. The third kappa shape index (κ3) is 5.08. The second-order valence-electron chi connectivity index (χ2n) is 13.1. The Labute approximate surface area is 295 Å². The van der Waals surface area contributed by atoms with Gasteiger partial charge in [0.1, 0.15) is 6.17 Å². The minimum atomic E-state index is -0.285. The Morgan fingerprint density at radius 3 is 1.76 bits per heavy atom. The van der Waals surface area contributed by atoms with E-state index in [4.69, 9.17) is 9.98 Å². The van der Waals surface area contributed by atoms with Gasteiger partial charge in [0.2, 0.25) is 5.96 Å². The molecule has 1 aromatic heterocycles. The van der Waals surface area contributed by atoms with E-state index in [1.54, 1.807) is 0 Å². The Morgan fingerprint density at radius 1 is 0.431 bits per heavy atom. The van der Waals surface area contributed by atoms with Gasteiger partial charge in [0.25, 0.3) is 0 Å². The fourth-order valence-electron chi connectivity index (χ4n) is 7.50. The molecule has 1 N–H and O–H groups in total. The Kier molecular flexibility index (Phi) is 6.85. The van der Waals surface area contributed by atoms with Crippen LogP contribution in [0.25, 0.3) is 65.6 Å². The van der Waals surface area contributed by atoms with E-state index in [1.165, 1.54) is 54.6 Å². The summed E-state index contributed by atoms with van der Waals surface area (Å²) < 4.78 is 2.27. The van der Waals surface area contributed by atoms with Gasteiger partial charge >= 0.3 is 0 Å². The van der Waals surface area contributed by atoms with E-state index in [9.17, 15) is 0 Å². The highest BCUT2D eigenvalue weighted by atomic mass is 15.3. The van der Waals surface area contributed by atoms with Crippen LogP contribution in [-0.2, 0) is 0 Å². The number of fused-ring (bicyclic) bond motifs is 6. The molecule has 0 amide bonds. The third-order valence-corrected chi connectivity index (χ3v) is 10.0. The molecule has 0 radical (unpaired) electrons. The molecule has 1 aliphatic heterocycles. The summed E-state index contributed by atoms with van der Waals surface area (Å²) in [4.78, 5) is 10.3. The first-order valence-electron chi connectivity index (χ1n) is 17.4. The van der Waals surface area contributed by atoms with Crippen molar-refractivity contribution in [2.45, 2.75) is 6.17 Å². The van der Waals surface area contributed by atoms with Crippen molar-refractivity contribution < 1.29 is 0 Å². The highest BCUT2D eigenvalue weighted by Gasteiger charge is 2.24. The molecule has 9 aromatic rings. The quantitative estimate of drug-likeness (QED) is 0.202. The van der Waals surface area contributed by atoms with E-state index in [2.05, 4.69) is 168 Å². The minimum absolute atomic E-state index is 0.285. The fraction of sp³-hybridized carbons (Fsp3) is 0.0213. The van der Waals surface area contributed by atoms with Gasteiger partial charge in [0.15, 0.2) is 5.84 Å². The van der Waals surface area contributed by atoms with Crippen molar-refractivity contribution >= 4 is 55.1 Å². The highest BCUT2D eigenvalue weighted by molar-refractivity contribution is 6.25. The second kappa shape index (κ2) is 12.0. The van der Waals surface area contributed by atoms with Crippen molar-refractivity contribution in [3.05, 3.63) is 193 Å². The molecule has 0 fully saturated rings. The molecule has 0 bridgehead atoms. The average Bonchev–Trinajstić information content (AvgIpc) is 3.56. The lowest BCUT2D eigenvalue weighted by Gasteiger charge is -2.24. The van der Waals surface area contributed by atoms with Gasteiger partial charge in [-0.25, -0.2) is 4.99 Å². The molecule has 0 aliphatic carbocycles. The standard InChI is InChI=1S/C47H32N4/c1-4-12-31(13-5-1)36-23-20-32-21-24-37(29-39(32)28-36)38-25-22-33-26-27-43-44(41(33)30-38)40-18-10-11-19-42(40)51(43)47-49-45(34-14-6-2-7-15-34)48-46(50-47)35-16-8-3-9-17-35/h1-30,45H,(H,48,49,50). The summed E-state index contributed by atoms with van der Waals surface area (Å²) in [6.45, 7) is 0. The summed E-state index contributed by atoms with van der Waals surface area (Å²) in [6.07, 6.45) is -0.285. The maximum atomic E-state index is 5.19. The normalized spacial score (nSPS) is 14.5. The largest absolute Gasteiger partial charge is 0.330 e. The molecule has 0 saturated carbocycles. The minimum Gasteiger partial charge on any atom is -0.330 e. The van der Waals surface area contributed by atoms with E-state index in [-0.39, 0.29) is 6.17 Å². The maximum Gasteiger partial charge on any atom is 0.211 e. The van der Waals surface area contributed by atoms with Crippen LogP contribution in [0.5, 0.6) is 0 Å². The highest BCUT2D eigenvalue weighted by Crippen LogP contribution is 2.38. The lowest BCUT2D eigenvalue weighted by molar-refractivity contribution is 0.661. The van der Waals surface area contributed by atoms with Gasteiger partial charge in [-0.15, -0.1) is 0 Å². The Hall–Kier alpha value is -6.78. The number of benzene rings is 8. The van der Waals surface area contributed by atoms with Crippen LogP contribution >= 0.6 is 0 Å². The lowest BCUT2D eigenvalue weighted by atomic mass is 9.95. The monoisotopic (exact) mass is 652 g/mol. The van der Waals surface area contributed by atoms with Gasteiger partial charge < -0.3 is 5.32 Å². The molecule has 51 heavy (non-hydrogen) atoms. The summed E-state index contributed by atoms with van der Waals surface area (Å²) >= 11 is 0. The smallest absolute Gasteiger partial charge is 0.211 e. The number of hydrogen-bond acceptors (Lipinski definition) is 3. The van der Waals surface area contributed by atoms with Crippen LogP contribution in [0.2, 0.25) is 0 Å². The van der Waals surface area contributed by atoms with E-state index in [0.717, 1.165) is 28.1 Å². The third-order valence-electron chi connectivity index (χ3n) is 10.0. The topological polar surface area (TPSA) is 41.7 Å². The molecule has 2 heterocycles. The Morgan fingerprint density at radius 2 is 1.02 bits per heavy atom. The van der Waals surface area contributed by atoms with Crippen molar-refractivity contribution in [3.63, 3.8) is 0 Å². The van der Waals surface area contributed by atoms with Crippen LogP contribution in [-0.4, -0.2) is 16.4 Å². The van der Waals surface area contributed by atoms with Crippen molar-refractivity contribution in [1.82, 2.24) is 9.88 Å². The molecule has 1 aliphatic rings. The van der Waals surface area contributed by atoms with Crippen LogP contribution < -0.4 is 5.32 Å². The van der Waals surface area contributed by atoms with Crippen LogP contribution in [0.15, 0.2) is 192 Å². The summed E-state index contributed by atoms with van der Waals surface area (Å²) in [6, 6.07) is 64.7. The number of hydrogen-bond donors (Lipinski definition) is 1.